The number of nitrogens with two attached hydrogens (primary N) is 1. The highest BCUT2D eigenvalue weighted by molar-refractivity contribution is 5.83. The molecule has 116 valence electrons. The van der Waals surface area contributed by atoms with Gasteiger partial charge in [0.05, 0.1) is 5.41 Å². The van der Waals surface area contributed by atoms with Crippen LogP contribution in [-0.4, -0.2) is 30.9 Å². The topological polar surface area (TPSA) is 58.4 Å². The van der Waals surface area contributed by atoms with E-state index in [1.165, 1.54) is 11.1 Å². The van der Waals surface area contributed by atoms with Crippen molar-refractivity contribution in [3.8, 4) is 0 Å². The van der Waals surface area contributed by atoms with E-state index in [1.54, 1.807) is 0 Å². The smallest absolute Gasteiger partial charge is 0.227 e. The van der Waals surface area contributed by atoms with Crippen LogP contribution in [0.15, 0.2) is 24.3 Å². The molecule has 1 aromatic rings. The van der Waals surface area contributed by atoms with Crippen LogP contribution in [0.2, 0.25) is 0 Å². The summed E-state index contributed by atoms with van der Waals surface area (Å²) in [4.78, 5) is 14.6. The first-order valence-corrected chi connectivity index (χ1v) is 7.69. The maximum absolute atomic E-state index is 12.5. The highest BCUT2D eigenvalue weighted by atomic mass is 16.2. The maximum Gasteiger partial charge on any atom is 0.227 e. The predicted octanol–water partition coefficient (Wildman–Crippen LogP) is 1.88. The molecule has 4 heteroatoms. The van der Waals surface area contributed by atoms with E-state index in [2.05, 4.69) is 22.3 Å². The molecule has 2 rings (SSSR count). The lowest BCUT2D eigenvalue weighted by Crippen LogP contribution is -2.47. The fourth-order valence-electron chi connectivity index (χ4n) is 3.08. The van der Waals surface area contributed by atoms with Crippen LogP contribution in [0.3, 0.4) is 0 Å². The first kappa shape index (κ1) is 16.0. The third-order valence-electron chi connectivity index (χ3n) is 4.59. The van der Waals surface area contributed by atoms with Crippen LogP contribution < -0.4 is 11.1 Å². The van der Waals surface area contributed by atoms with Crippen molar-refractivity contribution in [2.24, 2.45) is 11.1 Å². The molecule has 3 N–H and O–H groups in total. The fraction of sp³-hybridized carbons (Fsp3) is 0.588. The number of hydrogen-bond acceptors (Lipinski definition) is 3. The lowest BCUT2D eigenvalue weighted by molar-refractivity contribution is -0.130. The van der Waals surface area contributed by atoms with Crippen molar-refractivity contribution < 1.29 is 4.79 Å². The molecule has 0 radical (unpaired) electrons. The normalized spacial score (nSPS) is 25.3. The van der Waals surface area contributed by atoms with Gasteiger partial charge in [-0.25, -0.2) is 0 Å². The lowest BCUT2D eigenvalue weighted by Gasteiger charge is -2.27. The summed E-state index contributed by atoms with van der Waals surface area (Å²) in [5, 5.41) is 3.09. The zero-order valence-corrected chi connectivity index (χ0v) is 13.4. The summed E-state index contributed by atoms with van der Waals surface area (Å²) in [5.74, 6) is 0.0900. The molecule has 0 aromatic heterocycles. The Morgan fingerprint density at radius 2 is 2.05 bits per heavy atom. The monoisotopic (exact) mass is 289 g/mol. The highest BCUT2D eigenvalue weighted by Gasteiger charge is 2.42. The summed E-state index contributed by atoms with van der Waals surface area (Å²) >= 11 is 0. The number of carbonyl (C=O) groups excluding carboxylic acids is 1. The molecule has 2 unspecified atom stereocenters. The molecular weight excluding hydrogens is 262 g/mol. The summed E-state index contributed by atoms with van der Waals surface area (Å²) in [6.45, 7) is 3.44. The summed E-state index contributed by atoms with van der Waals surface area (Å²) in [5.41, 5.74) is 8.13. The molecule has 21 heavy (non-hydrogen) atoms. The standard InChI is InChI=1S/C17H27N3O/c1-17(10-6-9-15(17)18)16(21)19-11-13-7-4-5-8-14(13)12-20(2)3/h4-5,7-8,15H,6,9-12,18H2,1-3H3,(H,19,21). The summed E-state index contributed by atoms with van der Waals surface area (Å²) < 4.78 is 0. The number of rotatable bonds is 5. The van der Waals surface area contributed by atoms with Crippen LogP contribution >= 0.6 is 0 Å². The van der Waals surface area contributed by atoms with Gasteiger partial charge in [0.15, 0.2) is 0 Å². The third kappa shape index (κ3) is 3.63. The number of hydrogen-bond donors (Lipinski definition) is 2. The van der Waals surface area contributed by atoms with Crippen molar-refractivity contribution in [1.82, 2.24) is 10.2 Å². The van der Waals surface area contributed by atoms with Gasteiger partial charge in [0.25, 0.3) is 0 Å². The predicted molar refractivity (Wildman–Crippen MR) is 85.6 cm³/mol. The fourth-order valence-corrected chi connectivity index (χ4v) is 3.08. The van der Waals surface area contributed by atoms with Gasteiger partial charge < -0.3 is 16.0 Å². The van der Waals surface area contributed by atoms with Crippen molar-refractivity contribution in [3.05, 3.63) is 35.4 Å². The molecular formula is C17H27N3O. The molecule has 1 aliphatic rings. The zero-order valence-electron chi connectivity index (χ0n) is 13.4. The second-order valence-corrected chi connectivity index (χ2v) is 6.61. The second-order valence-electron chi connectivity index (χ2n) is 6.61. The Kier molecular flexibility index (Phi) is 5.01. The average Bonchev–Trinajstić information content (AvgIpc) is 2.78. The van der Waals surface area contributed by atoms with E-state index in [0.717, 1.165) is 25.8 Å². The summed E-state index contributed by atoms with van der Waals surface area (Å²) in [6.07, 6.45) is 2.88. The first-order chi connectivity index (χ1) is 9.93. The number of amides is 1. The Morgan fingerprint density at radius 3 is 2.62 bits per heavy atom. The van der Waals surface area contributed by atoms with Crippen LogP contribution in [0.5, 0.6) is 0 Å². The Bertz CT molecular complexity index is 501. The molecule has 4 nitrogen and oxygen atoms in total. The minimum atomic E-state index is -0.406. The van der Waals surface area contributed by atoms with E-state index in [-0.39, 0.29) is 11.9 Å². The van der Waals surface area contributed by atoms with Crippen molar-refractivity contribution in [3.63, 3.8) is 0 Å². The van der Waals surface area contributed by atoms with E-state index in [4.69, 9.17) is 5.73 Å². The van der Waals surface area contributed by atoms with Gasteiger partial charge in [0, 0.05) is 19.1 Å². The maximum atomic E-state index is 12.5. The van der Waals surface area contributed by atoms with Crippen molar-refractivity contribution in [2.45, 2.75) is 45.3 Å². The minimum absolute atomic E-state index is 0.0190. The van der Waals surface area contributed by atoms with Crippen LogP contribution in [-0.2, 0) is 17.9 Å². The molecule has 1 aliphatic carbocycles. The number of nitrogens with zero attached hydrogens (tertiary/aromatic N) is 1. The van der Waals surface area contributed by atoms with Gasteiger partial charge >= 0.3 is 0 Å². The number of nitrogens with one attached hydrogen (secondary N) is 1. The molecule has 1 aromatic carbocycles. The van der Waals surface area contributed by atoms with E-state index < -0.39 is 5.41 Å². The molecule has 0 spiro atoms. The largest absolute Gasteiger partial charge is 0.351 e. The van der Waals surface area contributed by atoms with Crippen LogP contribution in [0.25, 0.3) is 0 Å². The van der Waals surface area contributed by atoms with Gasteiger partial charge in [-0.1, -0.05) is 30.7 Å². The van der Waals surface area contributed by atoms with Gasteiger partial charge in [-0.3, -0.25) is 4.79 Å². The Labute approximate surface area is 127 Å². The molecule has 0 bridgehead atoms. The quantitative estimate of drug-likeness (QED) is 0.870. The third-order valence-corrected chi connectivity index (χ3v) is 4.59. The van der Waals surface area contributed by atoms with Crippen LogP contribution in [0.1, 0.15) is 37.3 Å². The van der Waals surface area contributed by atoms with E-state index in [9.17, 15) is 4.79 Å². The molecule has 0 heterocycles. The van der Waals surface area contributed by atoms with Gasteiger partial charge in [0.2, 0.25) is 5.91 Å². The molecule has 2 atom stereocenters. The van der Waals surface area contributed by atoms with Crippen molar-refractivity contribution in [1.29, 1.82) is 0 Å². The molecule has 1 fully saturated rings. The molecule has 1 amide bonds. The minimum Gasteiger partial charge on any atom is -0.351 e. The molecule has 0 saturated heterocycles. The van der Waals surface area contributed by atoms with Crippen molar-refractivity contribution in [2.75, 3.05) is 14.1 Å². The van der Waals surface area contributed by atoms with E-state index in [1.807, 2.05) is 33.2 Å². The van der Waals surface area contributed by atoms with Gasteiger partial charge in [-0.05, 0) is 45.0 Å². The second kappa shape index (κ2) is 6.58. The first-order valence-electron chi connectivity index (χ1n) is 7.69. The highest BCUT2D eigenvalue weighted by Crippen LogP contribution is 2.36. The van der Waals surface area contributed by atoms with Gasteiger partial charge in [-0.2, -0.15) is 0 Å². The van der Waals surface area contributed by atoms with Gasteiger partial charge in [-0.15, -0.1) is 0 Å². The number of benzene rings is 1. The Hall–Kier alpha value is -1.39. The van der Waals surface area contributed by atoms with Crippen LogP contribution in [0, 0.1) is 5.41 Å². The zero-order chi connectivity index (χ0) is 15.5. The summed E-state index contributed by atoms with van der Waals surface area (Å²) in [7, 11) is 4.10. The SMILES string of the molecule is CN(C)Cc1ccccc1CNC(=O)C1(C)CCCC1N. The van der Waals surface area contributed by atoms with E-state index >= 15 is 0 Å². The molecule has 1 saturated carbocycles. The van der Waals surface area contributed by atoms with Crippen LogP contribution in [0.4, 0.5) is 0 Å². The van der Waals surface area contributed by atoms with Gasteiger partial charge in [0.1, 0.15) is 0 Å². The molecule has 0 aliphatic heterocycles. The van der Waals surface area contributed by atoms with Crippen molar-refractivity contribution >= 4 is 5.91 Å². The average molecular weight is 289 g/mol. The number of carbonyl (C=O) groups is 1. The lowest BCUT2D eigenvalue weighted by atomic mass is 9.84. The Balaban J connectivity index is 2.01. The van der Waals surface area contributed by atoms with E-state index in [0.29, 0.717) is 6.54 Å². The Morgan fingerprint density at radius 1 is 1.38 bits per heavy atom. The summed E-state index contributed by atoms with van der Waals surface area (Å²) in [6, 6.07) is 8.23.